The van der Waals surface area contributed by atoms with Crippen LogP contribution in [0, 0.1) is 0 Å². The van der Waals surface area contributed by atoms with Crippen molar-refractivity contribution >= 4 is 46.3 Å². The molecule has 0 bridgehead atoms. The van der Waals surface area contributed by atoms with Gasteiger partial charge < -0.3 is 35.7 Å². The van der Waals surface area contributed by atoms with Crippen molar-refractivity contribution in [2.75, 3.05) is 23.4 Å². The number of aromatic nitrogens is 6. The number of aryl methyl sites for hydroxylation is 1. The highest BCUT2D eigenvalue weighted by Gasteiger charge is 2.44. The second-order valence-corrected chi connectivity index (χ2v) is 9.59. The van der Waals surface area contributed by atoms with Gasteiger partial charge in [0, 0.05) is 31.2 Å². The number of nitrogens with two attached hydrogens (primary N) is 1. The highest BCUT2D eigenvalue weighted by Crippen LogP contribution is 2.34. The molecule has 1 fully saturated rings. The van der Waals surface area contributed by atoms with Gasteiger partial charge in [0.1, 0.15) is 18.2 Å². The van der Waals surface area contributed by atoms with Crippen LogP contribution in [0.2, 0.25) is 5.28 Å². The molecule has 190 valence electrons. The average Bonchev–Trinajstić information content (AvgIpc) is 3.55. The number of imidazole rings is 2. The molecule has 15 heteroatoms. The summed E-state index contributed by atoms with van der Waals surface area (Å²) in [6.45, 7) is 1.39. The Balaban J connectivity index is 1.40. The minimum atomic E-state index is -1.22. The number of fused-ring (bicyclic) bond motifs is 1. The van der Waals surface area contributed by atoms with Crippen molar-refractivity contribution in [3.63, 3.8) is 0 Å². The molecule has 0 spiro atoms. The SMILES string of the molecule is NC(CCSC[C@H]1O[C@@H](n2cnc3c(NCCCn4ccnc4)nc(Cl)nc32)[C@H](O)[C@@H]1O)C(=O)O. The monoisotopic (exact) mass is 526 g/mol. The number of ether oxygens (including phenoxy) is 1. The molecule has 0 saturated carbocycles. The molecule has 0 aliphatic carbocycles. The summed E-state index contributed by atoms with van der Waals surface area (Å²) in [5.41, 5.74) is 6.33. The van der Waals surface area contributed by atoms with Gasteiger partial charge in [-0.2, -0.15) is 21.7 Å². The van der Waals surface area contributed by atoms with E-state index in [1.54, 1.807) is 12.5 Å². The van der Waals surface area contributed by atoms with Crippen molar-refractivity contribution in [2.24, 2.45) is 5.73 Å². The number of carboxylic acids is 1. The van der Waals surface area contributed by atoms with Gasteiger partial charge in [-0.1, -0.05) is 0 Å². The highest BCUT2D eigenvalue weighted by molar-refractivity contribution is 7.99. The molecule has 35 heavy (non-hydrogen) atoms. The van der Waals surface area contributed by atoms with Gasteiger partial charge in [0.25, 0.3) is 0 Å². The number of nitrogens with one attached hydrogen (secondary N) is 1. The summed E-state index contributed by atoms with van der Waals surface area (Å²) in [6, 6.07) is -0.939. The lowest BCUT2D eigenvalue weighted by Crippen LogP contribution is -2.33. The van der Waals surface area contributed by atoms with E-state index in [0.717, 1.165) is 13.0 Å². The molecular formula is C20H27ClN8O5S. The van der Waals surface area contributed by atoms with Gasteiger partial charge in [0.05, 0.1) is 18.8 Å². The number of nitrogens with zero attached hydrogens (tertiary/aromatic N) is 6. The molecule has 0 radical (unpaired) electrons. The van der Waals surface area contributed by atoms with Crippen LogP contribution < -0.4 is 11.1 Å². The van der Waals surface area contributed by atoms with Crippen LogP contribution in [0.15, 0.2) is 25.0 Å². The molecule has 3 aromatic rings. The maximum absolute atomic E-state index is 10.8. The van der Waals surface area contributed by atoms with E-state index in [1.165, 1.54) is 22.7 Å². The molecule has 0 amide bonds. The predicted molar refractivity (Wildman–Crippen MR) is 129 cm³/mol. The Morgan fingerprint density at radius 2 is 2.14 bits per heavy atom. The maximum Gasteiger partial charge on any atom is 0.320 e. The number of aliphatic hydroxyl groups is 2. The number of hydrogen-bond acceptors (Lipinski definition) is 11. The van der Waals surface area contributed by atoms with Crippen LogP contribution >= 0.6 is 23.4 Å². The summed E-state index contributed by atoms with van der Waals surface area (Å²) < 4.78 is 9.43. The Morgan fingerprint density at radius 3 is 2.89 bits per heavy atom. The van der Waals surface area contributed by atoms with E-state index < -0.39 is 36.6 Å². The van der Waals surface area contributed by atoms with Gasteiger partial charge in [0.2, 0.25) is 5.28 Å². The summed E-state index contributed by atoms with van der Waals surface area (Å²) in [7, 11) is 0. The molecule has 5 atom stereocenters. The third kappa shape index (κ3) is 6.02. The Kier molecular flexibility index (Phi) is 8.41. The van der Waals surface area contributed by atoms with E-state index >= 15 is 0 Å². The molecule has 13 nitrogen and oxygen atoms in total. The highest BCUT2D eigenvalue weighted by atomic mass is 35.5. The fourth-order valence-electron chi connectivity index (χ4n) is 3.72. The number of anilines is 1. The van der Waals surface area contributed by atoms with Gasteiger partial charge >= 0.3 is 5.97 Å². The number of hydrogen-bond donors (Lipinski definition) is 5. The van der Waals surface area contributed by atoms with Crippen molar-refractivity contribution in [1.29, 1.82) is 0 Å². The lowest BCUT2D eigenvalue weighted by Gasteiger charge is -2.17. The van der Waals surface area contributed by atoms with Crippen molar-refractivity contribution < 1.29 is 24.9 Å². The van der Waals surface area contributed by atoms with Crippen LogP contribution in [0.3, 0.4) is 0 Å². The second-order valence-electron chi connectivity index (χ2n) is 8.10. The Hall–Kier alpha value is -2.49. The smallest absolute Gasteiger partial charge is 0.320 e. The Labute approximate surface area is 209 Å². The first-order chi connectivity index (χ1) is 16.8. The summed E-state index contributed by atoms with van der Waals surface area (Å²) in [5.74, 6) is 0.234. The normalized spacial score (nSPS) is 23.1. The number of halogens is 1. The molecule has 0 aromatic carbocycles. The molecule has 1 aliphatic heterocycles. The van der Waals surface area contributed by atoms with Crippen molar-refractivity contribution in [3.8, 4) is 0 Å². The fraction of sp³-hybridized carbons (Fsp3) is 0.550. The molecule has 1 aliphatic rings. The van der Waals surface area contributed by atoms with E-state index in [-0.39, 0.29) is 11.7 Å². The van der Waals surface area contributed by atoms with E-state index in [1.807, 2.05) is 10.8 Å². The first-order valence-electron chi connectivity index (χ1n) is 11.0. The molecule has 1 saturated heterocycles. The minimum Gasteiger partial charge on any atom is -0.480 e. The van der Waals surface area contributed by atoms with Gasteiger partial charge in [0.15, 0.2) is 23.2 Å². The molecule has 6 N–H and O–H groups in total. The summed E-state index contributed by atoms with van der Waals surface area (Å²) >= 11 is 7.55. The predicted octanol–water partition coefficient (Wildman–Crippen LogP) is 0.333. The summed E-state index contributed by atoms with van der Waals surface area (Å²) in [4.78, 5) is 27.7. The zero-order chi connectivity index (χ0) is 24.9. The van der Waals surface area contributed by atoms with Gasteiger partial charge in [-0.25, -0.2) is 9.97 Å². The van der Waals surface area contributed by atoms with Crippen molar-refractivity contribution in [3.05, 3.63) is 30.3 Å². The zero-order valence-electron chi connectivity index (χ0n) is 18.6. The molecular weight excluding hydrogens is 500 g/mol. The van der Waals surface area contributed by atoms with Crippen LogP contribution in [-0.2, 0) is 16.1 Å². The number of carboxylic acid groups (broad SMARTS) is 1. The first-order valence-corrected chi connectivity index (χ1v) is 12.6. The third-order valence-corrected chi connectivity index (χ3v) is 6.88. The summed E-state index contributed by atoms with van der Waals surface area (Å²) in [5, 5.41) is 33.3. The lowest BCUT2D eigenvalue weighted by atomic mass is 10.1. The second kappa shape index (κ2) is 11.5. The maximum atomic E-state index is 10.8. The summed E-state index contributed by atoms with van der Waals surface area (Å²) in [6.07, 6.45) is 3.96. The quantitative estimate of drug-likeness (QED) is 0.161. The van der Waals surface area contributed by atoms with Crippen LogP contribution in [-0.4, -0.2) is 92.8 Å². The topological polar surface area (TPSA) is 186 Å². The molecule has 3 aromatic heterocycles. The van der Waals surface area contributed by atoms with Crippen LogP contribution in [0.25, 0.3) is 11.2 Å². The molecule has 4 heterocycles. The number of rotatable bonds is 12. The first kappa shape index (κ1) is 25.6. The number of carbonyl (C=O) groups is 1. The third-order valence-electron chi connectivity index (χ3n) is 5.62. The lowest BCUT2D eigenvalue weighted by molar-refractivity contribution is -0.138. The van der Waals surface area contributed by atoms with Crippen LogP contribution in [0.1, 0.15) is 19.1 Å². The van der Waals surface area contributed by atoms with E-state index in [4.69, 9.17) is 27.2 Å². The van der Waals surface area contributed by atoms with Gasteiger partial charge in [-0.05, 0) is 30.2 Å². The number of aliphatic hydroxyl groups excluding tert-OH is 2. The van der Waals surface area contributed by atoms with E-state index in [9.17, 15) is 15.0 Å². The van der Waals surface area contributed by atoms with Gasteiger partial charge in [-0.15, -0.1) is 0 Å². The average molecular weight is 527 g/mol. The van der Waals surface area contributed by atoms with Crippen molar-refractivity contribution in [1.82, 2.24) is 29.1 Å². The number of thioether (sulfide) groups is 1. The van der Waals surface area contributed by atoms with E-state index in [2.05, 4.69) is 25.3 Å². The Bertz CT molecular complexity index is 1130. The molecule has 4 rings (SSSR count). The Morgan fingerprint density at radius 1 is 1.31 bits per heavy atom. The van der Waals surface area contributed by atoms with Crippen LogP contribution in [0.5, 0.6) is 0 Å². The largest absolute Gasteiger partial charge is 0.480 e. The fourth-order valence-corrected chi connectivity index (χ4v) is 4.98. The van der Waals surface area contributed by atoms with E-state index in [0.29, 0.717) is 35.0 Å². The molecule has 1 unspecified atom stereocenters. The number of aliphatic carboxylic acids is 1. The van der Waals surface area contributed by atoms with Crippen LogP contribution in [0.4, 0.5) is 5.82 Å². The standard InChI is InChI=1S/C20H27ClN8O5S/c21-20-26-16(24-3-1-5-28-6-4-23-9-28)13-17(27-20)29(10-25-13)18-15(31)14(30)12(34-18)8-35-7-2-11(22)19(32)33/h4,6,9-12,14-15,18,30-31H,1-3,5,7-8,22H2,(H,32,33)(H,24,26,27)/t11?,12-,14-,15-,18-/m1/s1. The van der Waals surface area contributed by atoms with Gasteiger partial charge in [-0.3, -0.25) is 9.36 Å². The zero-order valence-corrected chi connectivity index (χ0v) is 20.2. The van der Waals surface area contributed by atoms with Crippen molar-refractivity contribution in [2.45, 2.75) is 50.0 Å². The minimum absolute atomic E-state index is 0.00581.